The Labute approximate surface area is 171 Å². The maximum absolute atomic E-state index is 13.2. The fourth-order valence-corrected chi connectivity index (χ4v) is 4.30. The van der Waals surface area contributed by atoms with Gasteiger partial charge in [-0.1, -0.05) is 48.0 Å². The lowest BCUT2D eigenvalue weighted by Gasteiger charge is -2.22. The molecule has 0 bridgehead atoms. The van der Waals surface area contributed by atoms with Crippen molar-refractivity contribution < 1.29 is 17.6 Å². The molecule has 0 saturated heterocycles. The first-order chi connectivity index (χ1) is 13.9. The lowest BCUT2D eigenvalue weighted by molar-refractivity contribution is -0.122. The molecule has 3 rings (SSSR count). The van der Waals surface area contributed by atoms with E-state index in [1.54, 1.807) is 36.4 Å². The van der Waals surface area contributed by atoms with Crippen molar-refractivity contribution in [1.82, 2.24) is 9.62 Å². The molecule has 0 saturated carbocycles. The molecule has 29 heavy (non-hydrogen) atoms. The van der Waals surface area contributed by atoms with Crippen LogP contribution in [0.25, 0.3) is 0 Å². The summed E-state index contributed by atoms with van der Waals surface area (Å²) in [7, 11) is -3.88. The molecule has 1 aromatic heterocycles. The van der Waals surface area contributed by atoms with Gasteiger partial charge in [-0.05, 0) is 43.7 Å². The number of carbonyl (C=O) groups excluding carboxylic acids is 1. The molecule has 1 atom stereocenters. The summed E-state index contributed by atoms with van der Waals surface area (Å²) in [6, 6.07) is 19.2. The van der Waals surface area contributed by atoms with Gasteiger partial charge in [-0.15, -0.1) is 0 Å². The number of aryl methyl sites for hydroxylation is 1. The molecule has 6 nitrogen and oxygen atoms in total. The highest BCUT2D eigenvalue weighted by atomic mass is 32.2. The standard InChI is InChI=1S/C22H24N2O4S/c1-17-10-12-21(13-11-17)29(26,27)24(15-20-9-6-14-28-20)16-22(25)23-18(2)19-7-4-3-5-8-19/h3-14,18H,15-16H2,1-2H3,(H,23,25). The Kier molecular flexibility index (Phi) is 6.51. The van der Waals surface area contributed by atoms with Crippen LogP contribution in [0.15, 0.2) is 82.3 Å². The van der Waals surface area contributed by atoms with E-state index < -0.39 is 10.0 Å². The third-order valence-electron chi connectivity index (χ3n) is 4.57. The third-order valence-corrected chi connectivity index (χ3v) is 6.37. The van der Waals surface area contributed by atoms with Crippen molar-refractivity contribution in [3.8, 4) is 0 Å². The van der Waals surface area contributed by atoms with Gasteiger partial charge < -0.3 is 9.73 Å². The molecule has 152 valence electrons. The predicted octanol–water partition coefficient (Wildman–Crippen LogP) is 3.66. The van der Waals surface area contributed by atoms with E-state index >= 15 is 0 Å². The lowest BCUT2D eigenvalue weighted by Crippen LogP contribution is -2.41. The highest BCUT2D eigenvalue weighted by Crippen LogP contribution is 2.19. The first kappa shape index (κ1) is 20.8. The topological polar surface area (TPSA) is 79.6 Å². The maximum Gasteiger partial charge on any atom is 0.243 e. The lowest BCUT2D eigenvalue weighted by atomic mass is 10.1. The Morgan fingerprint density at radius 2 is 1.72 bits per heavy atom. The zero-order valence-electron chi connectivity index (χ0n) is 16.4. The summed E-state index contributed by atoms with van der Waals surface area (Å²) in [6.45, 7) is 3.40. The van der Waals surface area contributed by atoms with Crippen molar-refractivity contribution in [1.29, 1.82) is 0 Å². The quantitative estimate of drug-likeness (QED) is 0.612. The predicted molar refractivity (Wildman–Crippen MR) is 110 cm³/mol. The minimum Gasteiger partial charge on any atom is -0.468 e. The summed E-state index contributed by atoms with van der Waals surface area (Å²) in [5, 5.41) is 2.86. The van der Waals surface area contributed by atoms with E-state index in [1.165, 1.54) is 6.26 Å². The van der Waals surface area contributed by atoms with Crippen LogP contribution < -0.4 is 5.32 Å². The van der Waals surface area contributed by atoms with Gasteiger partial charge in [0.15, 0.2) is 0 Å². The number of nitrogens with one attached hydrogen (secondary N) is 1. The largest absolute Gasteiger partial charge is 0.468 e. The second-order valence-corrected chi connectivity index (χ2v) is 8.80. The summed E-state index contributed by atoms with van der Waals surface area (Å²) < 4.78 is 32.8. The highest BCUT2D eigenvalue weighted by molar-refractivity contribution is 7.89. The van der Waals surface area contributed by atoms with Crippen LogP contribution in [-0.4, -0.2) is 25.2 Å². The van der Waals surface area contributed by atoms with Crippen molar-refractivity contribution in [3.63, 3.8) is 0 Å². The first-order valence-electron chi connectivity index (χ1n) is 9.30. The van der Waals surface area contributed by atoms with Crippen molar-refractivity contribution in [2.45, 2.75) is 31.3 Å². The Balaban J connectivity index is 1.80. The molecule has 0 aliphatic heterocycles. The average Bonchev–Trinajstić information content (AvgIpc) is 3.21. The zero-order valence-corrected chi connectivity index (χ0v) is 17.2. The monoisotopic (exact) mass is 412 g/mol. The Bertz CT molecular complexity index is 1030. The van der Waals surface area contributed by atoms with Gasteiger partial charge in [0, 0.05) is 0 Å². The van der Waals surface area contributed by atoms with Crippen LogP contribution in [0.1, 0.15) is 29.9 Å². The van der Waals surface area contributed by atoms with E-state index in [2.05, 4.69) is 5.32 Å². The smallest absolute Gasteiger partial charge is 0.243 e. The fraction of sp³-hybridized carbons (Fsp3) is 0.227. The van der Waals surface area contributed by atoms with Crippen LogP contribution >= 0.6 is 0 Å². The number of nitrogens with zero attached hydrogens (tertiary/aromatic N) is 1. The number of hydrogen-bond acceptors (Lipinski definition) is 4. The van der Waals surface area contributed by atoms with Gasteiger partial charge in [0.2, 0.25) is 15.9 Å². The summed E-state index contributed by atoms with van der Waals surface area (Å²) in [5.74, 6) is 0.0770. The molecule has 7 heteroatoms. The highest BCUT2D eigenvalue weighted by Gasteiger charge is 2.28. The number of amides is 1. The summed E-state index contributed by atoms with van der Waals surface area (Å²) in [6.07, 6.45) is 1.48. The third kappa shape index (κ3) is 5.34. The molecule has 2 aromatic carbocycles. The van der Waals surface area contributed by atoms with Gasteiger partial charge >= 0.3 is 0 Å². The van der Waals surface area contributed by atoms with Crippen molar-refractivity contribution in [3.05, 3.63) is 89.9 Å². The van der Waals surface area contributed by atoms with Gasteiger partial charge in [-0.25, -0.2) is 8.42 Å². The molecule has 3 aromatic rings. The van der Waals surface area contributed by atoms with E-state index in [-0.39, 0.29) is 29.9 Å². The number of carbonyl (C=O) groups is 1. The summed E-state index contributed by atoms with van der Waals surface area (Å²) >= 11 is 0. The zero-order chi connectivity index (χ0) is 20.9. The SMILES string of the molecule is Cc1ccc(S(=O)(=O)N(CC(=O)NC(C)c2ccccc2)Cc2ccco2)cc1. The van der Waals surface area contributed by atoms with E-state index in [1.807, 2.05) is 44.2 Å². The minimum absolute atomic E-state index is 0.0314. The number of rotatable bonds is 8. The van der Waals surface area contributed by atoms with Crippen LogP contribution in [0.2, 0.25) is 0 Å². The molecule has 0 radical (unpaired) electrons. The van der Waals surface area contributed by atoms with Crippen molar-refractivity contribution >= 4 is 15.9 Å². The molecule has 1 unspecified atom stereocenters. The van der Waals surface area contributed by atoms with Crippen molar-refractivity contribution in [2.75, 3.05) is 6.54 Å². The second kappa shape index (κ2) is 9.07. The van der Waals surface area contributed by atoms with Crippen molar-refractivity contribution in [2.24, 2.45) is 0 Å². The van der Waals surface area contributed by atoms with Gasteiger partial charge in [0.05, 0.1) is 30.3 Å². The molecule has 0 spiro atoms. The van der Waals surface area contributed by atoms with E-state index in [0.717, 1.165) is 15.4 Å². The van der Waals surface area contributed by atoms with Gasteiger partial charge in [0.25, 0.3) is 0 Å². The first-order valence-corrected chi connectivity index (χ1v) is 10.7. The normalized spacial score (nSPS) is 12.7. The molecule has 0 aliphatic carbocycles. The average molecular weight is 413 g/mol. The number of hydrogen-bond donors (Lipinski definition) is 1. The molecule has 1 amide bonds. The van der Waals surface area contributed by atoms with Crippen LogP contribution in [0.4, 0.5) is 0 Å². The fourth-order valence-electron chi connectivity index (χ4n) is 2.93. The van der Waals surface area contributed by atoms with Crippen LogP contribution in [0, 0.1) is 6.92 Å². The molecular formula is C22H24N2O4S. The summed E-state index contributed by atoms with van der Waals surface area (Å²) in [4.78, 5) is 12.8. The van der Waals surface area contributed by atoms with Crippen LogP contribution in [0.5, 0.6) is 0 Å². The second-order valence-electron chi connectivity index (χ2n) is 6.87. The number of furan rings is 1. The van der Waals surface area contributed by atoms with E-state index in [0.29, 0.717) is 5.76 Å². The number of benzene rings is 2. The maximum atomic E-state index is 13.2. The summed E-state index contributed by atoms with van der Waals surface area (Å²) in [5.41, 5.74) is 1.90. The molecule has 0 aliphatic rings. The molecule has 1 N–H and O–H groups in total. The molecular weight excluding hydrogens is 388 g/mol. The molecule has 1 heterocycles. The van der Waals surface area contributed by atoms with Crippen LogP contribution in [-0.2, 0) is 21.4 Å². The minimum atomic E-state index is -3.88. The molecule has 0 fully saturated rings. The van der Waals surface area contributed by atoms with Crippen LogP contribution in [0.3, 0.4) is 0 Å². The van der Waals surface area contributed by atoms with Gasteiger partial charge in [0.1, 0.15) is 5.76 Å². The Morgan fingerprint density at radius 3 is 2.34 bits per heavy atom. The van der Waals surface area contributed by atoms with E-state index in [4.69, 9.17) is 4.42 Å². The van der Waals surface area contributed by atoms with Gasteiger partial charge in [-0.3, -0.25) is 4.79 Å². The van der Waals surface area contributed by atoms with E-state index in [9.17, 15) is 13.2 Å². The Morgan fingerprint density at radius 1 is 1.03 bits per heavy atom. The Hall–Kier alpha value is -2.90. The number of sulfonamides is 1. The van der Waals surface area contributed by atoms with Gasteiger partial charge in [-0.2, -0.15) is 4.31 Å².